The minimum atomic E-state index is 0.0317. The minimum Gasteiger partial charge on any atom is -0.459 e. The number of rotatable bonds is 5. The van der Waals surface area contributed by atoms with Gasteiger partial charge in [0, 0.05) is 12.4 Å². The van der Waals surface area contributed by atoms with Crippen molar-refractivity contribution in [3.8, 4) is 0 Å². The molecule has 0 bridgehead atoms. The van der Waals surface area contributed by atoms with Gasteiger partial charge in [-0.15, -0.1) is 0 Å². The predicted octanol–water partition coefficient (Wildman–Crippen LogP) is 3.56. The van der Waals surface area contributed by atoms with Crippen LogP contribution in [0.5, 0.6) is 0 Å². The molecule has 1 N–H and O–H groups in total. The number of hydrogen-bond donors (Lipinski definition) is 1. The average molecular weight is 283 g/mol. The fraction of sp³-hybridized carbons (Fsp3) is 0.353. The lowest BCUT2D eigenvalue weighted by Crippen LogP contribution is -2.24. The van der Waals surface area contributed by atoms with Crippen molar-refractivity contribution in [3.63, 3.8) is 0 Å². The molecule has 1 aromatic carbocycles. The van der Waals surface area contributed by atoms with Crippen molar-refractivity contribution in [1.82, 2.24) is 14.9 Å². The number of fused-ring (bicyclic) bond motifs is 1. The zero-order valence-corrected chi connectivity index (χ0v) is 12.8. The zero-order chi connectivity index (χ0) is 14.8. The van der Waals surface area contributed by atoms with E-state index >= 15 is 0 Å². The smallest absolute Gasteiger partial charge is 0.137 e. The van der Waals surface area contributed by atoms with Crippen LogP contribution >= 0.6 is 0 Å². The highest BCUT2D eigenvalue weighted by Crippen LogP contribution is 2.29. The maximum Gasteiger partial charge on any atom is 0.137 e. The Hall–Kier alpha value is -2.07. The van der Waals surface area contributed by atoms with Crippen LogP contribution < -0.4 is 5.32 Å². The monoisotopic (exact) mass is 283 g/mol. The quantitative estimate of drug-likeness (QED) is 0.778. The molecule has 0 aliphatic heterocycles. The molecule has 3 aromatic rings. The first-order valence-electron chi connectivity index (χ1n) is 7.39. The molecule has 0 saturated carbocycles. The molecule has 0 spiro atoms. The van der Waals surface area contributed by atoms with E-state index in [4.69, 9.17) is 4.42 Å². The maximum absolute atomic E-state index is 6.13. The van der Waals surface area contributed by atoms with E-state index in [1.165, 1.54) is 0 Å². The van der Waals surface area contributed by atoms with Crippen molar-refractivity contribution >= 4 is 11.0 Å². The van der Waals surface area contributed by atoms with E-state index < -0.39 is 0 Å². The summed E-state index contributed by atoms with van der Waals surface area (Å²) < 4.78 is 8.17. The first kappa shape index (κ1) is 13.9. The van der Waals surface area contributed by atoms with Crippen LogP contribution in [0.15, 0.2) is 41.2 Å². The first-order valence-corrected chi connectivity index (χ1v) is 7.39. The van der Waals surface area contributed by atoms with E-state index in [1.54, 1.807) is 0 Å². The number of para-hydroxylation sites is 1. The third-order valence-electron chi connectivity index (χ3n) is 3.79. The van der Waals surface area contributed by atoms with Gasteiger partial charge in [0.2, 0.25) is 0 Å². The number of furan rings is 1. The van der Waals surface area contributed by atoms with E-state index in [1.807, 2.05) is 24.1 Å². The highest BCUT2D eigenvalue weighted by molar-refractivity contribution is 5.81. The molecule has 0 aliphatic carbocycles. The fourth-order valence-corrected chi connectivity index (χ4v) is 2.66. The molecule has 2 heterocycles. The number of imidazole rings is 1. The second-order valence-electron chi connectivity index (χ2n) is 5.46. The molecule has 1 unspecified atom stereocenters. The molecule has 0 saturated heterocycles. The van der Waals surface area contributed by atoms with Crippen LogP contribution in [-0.2, 0) is 7.05 Å². The van der Waals surface area contributed by atoms with Crippen molar-refractivity contribution in [2.24, 2.45) is 7.05 Å². The van der Waals surface area contributed by atoms with Gasteiger partial charge in [0.05, 0.1) is 18.2 Å². The summed E-state index contributed by atoms with van der Waals surface area (Å²) in [6.45, 7) is 5.18. The van der Waals surface area contributed by atoms with E-state index in [-0.39, 0.29) is 6.04 Å². The summed E-state index contributed by atoms with van der Waals surface area (Å²) in [5.41, 5.74) is 3.25. The Balaban J connectivity index is 2.05. The summed E-state index contributed by atoms with van der Waals surface area (Å²) in [7, 11) is 2.01. The molecule has 110 valence electrons. The summed E-state index contributed by atoms with van der Waals surface area (Å²) in [6, 6.07) is 8.39. The maximum atomic E-state index is 6.13. The molecular formula is C17H21N3O. The van der Waals surface area contributed by atoms with Gasteiger partial charge in [0.15, 0.2) is 0 Å². The normalized spacial score (nSPS) is 12.9. The minimum absolute atomic E-state index is 0.0317. The van der Waals surface area contributed by atoms with Crippen LogP contribution in [0.3, 0.4) is 0 Å². The van der Waals surface area contributed by atoms with E-state index in [2.05, 4.69) is 48.4 Å². The number of nitrogens with one attached hydrogen (secondary N) is 1. The Labute approximate surface area is 124 Å². The van der Waals surface area contributed by atoms with Gasteiger partial charge in [-0.25, -0.2) is 4.98 Å². The second-order valence-corrected chi connectivity index (χ2v) is 5.46. The lowest BCUT2D eigenvalue weighted by molar-refractivity contribution is 0.456. The lowest BCUT2D eigenvalue weighted by atomic mass is 10.1. The summed E-state index contributed by atoms with van der Waals surface area (Å²) in [6.07, 6.45) is 4.80. The van der Waals surface area contributed by atoms with Gasteiger partial charge in [0.1, 0.15) is 17.4 Å². The summed E-state index contributed by atoms with van der Waals surface area (Å²) in [5.74, 6) is 0.941. The SMILES string of the molecule is CCCNC(c1cc2cccc(C)c2o1)c1cncn1C. The standard InChI is InChI=1S/C17H21N3O/c1-4-8-19-16(14-10-18-11-20(14)3)15-9-13-7-5-6-12(2)17(13)21-15/h5-7,9-11,16,19H,4,8H2,1-3H3. The highest BCUT2D eigenvalue weighted by Gasteiger charge is 2.21. The molecule has 4 nitrogen and oxygen atoms in total. The van der Waals surface area contributed by atoms with Crippen molar-refractivity contribution in [2.75, 3.05) is 6.54 Å². The largest absolute Gasteiger partial charge is 0.459 e. The molecule has 0 radical (unpaired) electrons. The molecule has 21 heavy (non-hydrogen) atoms. The van der Waals surface area contributed by atoms with Gasteiger partial charge in [-0.2, -0.15) is 0 Å². The van der Waals surface area contributed by atoms with Crippen LogP contribution in [0.1, 0.15) is 36.4 Å². The Morgan fingerprint density at radius 3 is 2.90 bits per heavy atom. The Bertz CT molecular complexity index is 741. The Morgan fingerprint density at radius 1 is 1.38 bits per heavy atom. The van der Waals surface area contributed by atoms with Gasteiger partial charge < -0.3 is 14.3 Å². The summed E-state index contributed by atoms with van der Waals surface area (Å²) in [4.78, 5) is 4.23. The van der Waals surface area contributed by atoms with E-state index in [0.29, 0.717) is 0 Å². The molecule has 2 aromatic heterocycles. The van der Waals surface area contributed by atoms with E-state index in [0.717, 1.165) is 41.0 Å². The molecule has 3 rings (SSSR count). The third kappa shape index (κ3) is 2.59. The summed E-state index contributed by atoms with van der Waals surface area (Å²) in [5, 5.41) is 4.70. The number of nitrogens with zero attached hydrogens (tertiary/aromatic N) is 2. The van der Waals surface area contributed by atoms with Gasteiger partial charge in [-0.3, -0.25) is 0 Å². The third-order valence-corrected chi connectivity index (χ3v) is 3.79. The summed E-state index contributed by atoms with van der Waals surface area (Å²) >= 11 is 0. The van der Waals surface area contributed by atoms with Crippen molar-refractivity contribution in [1.29, 1.82) is 0 Å². The molecular weight excluding hydrogens is 262 g/mol. The molecule has 1 atom stereocenters. The van der Waals surface area contributed by atoms with Crippen molar-refractivity contribution < 1.29 is 4.42 Å². The zero-order valence-electron chi connectivity index (χ0n) is 12.8. The first-order chi connectivity index (χ1) is 10.2. The Morgan fingerprint density at radius 2 is 2.24 bits per heavy atom. The van der Waals surface area contributed by atoms with Crippen LogP contribution in [0, 0.1) is 6.92 Å². The topological polar surface area (TPSA) is 43.0 Å². The lowest BCUT2D eigenvalue weighted by Gasteiger charge is -2.16. The number of aryl methyl sites for hydroxylation is 2. The molecule has 0 aliphatic rings. The van der Waals surface area contributed by atoms with Crippen molar-refractivity contribution in [2.45, 2.75) is 26.3 Å². The highest BCUT2D eigenvalue weighted by atomic mass is 16.3. The van der Waals surface area contributed by atoms with Gasteiger partial charge in [0.25, 0.3) is 0 Å². The van der Waals surface area contributed by atoms with Crippen LogP contribution in [0.4, 0.5) is 0 Å². The molecule has 4 heteroatoms. The average Bonchev–Trinajstić information content (AvgIpc) is 3.07. The van der Waals surface area contributed by atoms with Gasteiger partial charge >= 0.3 is 0 Å². The fourth-order valence-electron chi connectivity index (χ4n) is 2.66. The van der Waals surface area contributed by atoms with Crippen LogP contribution in [-0.4, -0.2) is 16.1 Å². The van der Waals surface area contributed by atoms with Crippen LogP contribution in [0.2, 0.25) is 0 Å². The number of hydrogen-bond acceptors (Lipinski definition) is 3. The molecule has 0 amide bonds. The van der Waals surface area contributed by atoms with E-state index in [9.17, 15) is 0 Å². The molecule has 0 fully saturated rings. The second kappa shape index (κ2) is 5.74. The Kier molecular flexibility index (Phi) is 3.80. The number of aromatic nitrogens is 2. The van der Waals surface area contributed by atoms with Crippen molar-refractivity contribution in [3.05, 3.63) is 53.8 Å². The number of benzene rings is 1. The van der Waals surface area contributed by atoms with Gasteiger partial charge in [-0.05, 0) is 31.5 Å². The predicted molar refractivity (Wildman–Crippen MR) is 84.3 cm³/mol. The van der Waals surface area contributed by atoms with Gasteiger partial charge in [-0.1, -0.05) is 25.1 Å². The van der Waals surface area contributed by atoms with Crippen LogP contribution in [0.25, 0.3) is 11.0 Å².